The van der Waals surface area contributed by atoms with E-state index >= 15 is 0 Å². The molecule has 0 spiro atoms. The predicted molar refractivity (Wildman–Crippen MR) is 110 cm³/mol. The van der Waals surface area contributed by atoms with Gasteiger partial charge in [-0.2, -0.15) is 0 Å². The van der Waals surface area contributed by atoms with Crippen molar-refractivity contribution in [3.05, 3.63) is 83.8 Å². The van der Waals surface area contributed by atoms with Gasteiger partial charge in [0.1, 0.15) is 5.76 Å². The van der Waals surface area contributed by atoms with Crippen LogP contribution < -0.4 is 10.2 Å². The first-order valence-electron chi connectivity index (χ1n) is 9.13. The van der Waals surface area contributed by atoms with Crippen LogP contribution in [0.25, 0.3) is 0 Å². The average molecular weight is 392 g/mol. The van der Waals surface area contributed by atoms with Crippen LogP contribution in [0.5, 0.6) is 0 Å². The Morgan fingerprint density at radius 3 is 2.71 bits per heavy atom. The molecule has 1 aliphatic heterocycles. The zero-order valence-corrected chi connectivity index (χ0v) is 16.1. The van der Waals surface area contributed by atoms with E-state index in [0.29, 0.717) is 24.4 Å². The van der Waals surface area contributed by atoms with Crippen molar-refractivity contribution in [3.63, 3.8) is 0 Å². The van der Waals surface area contributed by atoms with E-state index in [4.69, 9.17) is 4.42 Å². The molecule has 2 aromatic carbocycles. The zero-order valence-electron chi connectivity index (χ0n) is 15.3. The standard InChI is InChI=1S/C22H20N2O3S/c25-21(23-14-17-7-5-13-27-17)15-28-20-10-4-2-8-18(20)22(26)24-12-11-16-6-1-3-9-19(16)24/h1-10,13H,11-12,14-15H2,(H,23,25). The summed E-state index contributed by atoms with van der Waals surface area (Å²) in [7, 11) is 0. The van der Waals surface area contributed by atoms with Gasteiger partial charge in [0.15, 0.2) is 0 Å². The van der Waals surface area contributed by atoms with Crippen LogP contribution in [-0.2, 0) is 17.8 Å². The second kappa shape index (κ2) is 8.35. The fourth-order valence-electron chi connectivity index (χ4n) is 3.26. The van der Waals surface area contributed by atoms with Gasteiger partial charge in [-0.3, -0.25) is 9.59 Å². The molecule has 2 heterocycles. The lowest BCUT2D eigenvalue weighted by molar-refractivity contribution is -0.118. The molecule has 0 unspecified atom stereocenters. The van der Waals surface area contributed by atoms with Crippen molar-refractivity contribution in [2.24, 2.45) is 0 Å². The summed E-state index contributed by atoms with van der Waals surface area (Å²) in [6.07, 6.45) is 2.45. The molecule has 1 N–H and O–H groups in total. The molecule has 0 aliphatic carbocycles. The lowest BCUT2D eigenvalue weighted by atomic mass is 10.1. The summed E-state index contributed by atoms with van der Waals surface area (Å²) in [4.78, 5) is 27.9. The van der Waals surface area contributed by atoms with Crippen LogP contribution in [0, 0.1) is 0 Å². The van der Waals surface area contributed by atoms with Crippen LogP contribution in [0.1, 0.15) is 21.7 Å². The van der Waals surface area contributed by atoms with E-state index in [1.54, 1.807) is 12.3 Å². The van der Waals surface area contributed by atoms with Gasteiger partial charge in [0.25, 0.3) is 5.91 Å². The number of carbonyl (C=O) groups excluding carboxylic acids is 2. The highest BCUT2D eigenvalue weighted by molar-refractivity contribution is 8.00. The Morgan fingerprint density at radius 2 is 1.86 bits per heavy atom. The van der Waals surface area contributed by atoms with E-state index in [0.717, 1.165) is 17.0 Å². The van der Waals surface area contributed by atoms with Gasteiger partial charge < -0.3 is 14.6 Å². The highest BCUT2D eigenvalue weighted by Crippen LogP contribution is 2.31. The van der Waals surface area contributed by atoms with Gasteiger partial charge in [-0.25, -0.2) is 0 Å². The van der Waals surface area contributed by atoms with E-state index in [9.17, 15) is 9.59 Å². The van der Waals surface area contributed by atoms with Crippen LogP contribution in [0.15, 0.2) is 76.2 Å². The Kier molecular flexibility index (Phi) is 5.48. The molecule has 0 atom stereocenters. The third-order valence-corrected chi connectivity index (χ3v) is 5.72. The maximum atomic E-state index is 13.2. The fourth-order valence-corrected chi connectivity index (χ4v) is 4.13. The van der Waals surface area contributed by atoms with Gasteiger partial charge in [0.05, 0.1) is 24.1 Å². The van der Waals surface area contributed by atoms with E-state index in [1.807, 2.05) is 53.4 Å². The first-order valence-corrected chi connectivity index (χ1v) is 10.1. The van der Waals surface area contributed by atoms with Crippen molar-refractivity contribution in [2.45, 2.75) is 17.9 Å². The van der Waals surface area contributed by atoms with Crippen LogP contribution in [0.2, 0.25) is 0 Å². The Morgan fingerprint density at radius 1 is 1.04 bits per heavy atom. The van der Waals surface area contributed by atoms with Crippen molar-refractivity contribution >= 4 is 29.3 Å². The number of hydrogen-bond donors (Lipinski definition) is 1. The quantitative estimate of drug-likeness (QED) is 0.647. The number of amides is 2. The smallest absolute Gasteiger partial charge is 0.259 e. The Hall–Kier alpha value is -2.99. The van der Waals surface area contributed by atoms with Crippen molar-refractivity contribution in [3.8, 4) is 0 Å². The van der Waals surface area contributed by atoms with E-state index in [-0.39, 0.29) is 17.6 Å². The third-order valence-electron chi connectivity index (χ3n) is 4.65. The van der Waals surface area contributed by atoms with Crippen molar-refractivity contribution in [1.29, 1.82) is 0 Å². The van der Waals surface area contributed by atoms with Gasteiger partial charge >= 0.3 is 0 Å². The van der Waals surface area contributed by atoms with Crippen molar-refractivity contribution in [1.82, 2.24) is 5.32 Å². The number of thioether (sulfide) groups is 1. The van der Waals surface area contributed by atoms with Crippen LogP contribution >= 0.6 is 11.8 Å². The van der Waals surface area contributed by atoms with Crippen LogP contribution in [0.4, 0.5) is 5.69 Å². The van der Waals surface area contributed by atoms with Gasteiger partial charge in [-0.05, 0) is 42.3 Å². The minimum absolute atomic E-state index is 0.0240. The summed E-state index contributed by atoms with van der Waals surface area (Å²) >= 11 is 1.37. The molecule has 2 amide bonds. The summed E-state index contributed by atoms with van der Waals surface area (Å²) in [5, 5.41) is 2.82. The summed E-state index contributed by atoms with van der Waals surface area (Å²) < 4.78 is 5.21. The molecule has 0 saturated carbocycles. The lowest BCUT2D eigenvalue weighted by Crippen LogP contribution is -2.29. The molecule has 0 radical (unpaired) electrons. The van der Waals surface area contributed by atoms with Gasteiger partial charge in [-0.15, -0.1) is 11.8 Å². The maximum Gasteiger partial charge on any atom is 0.259 e. The number of nitrogens with zero attached hydrogens (tertiary/aromatic N) is 1. The summed E-state index contributed by atoms with van der Waals surface area (Å²) in [6, 6.07) is 19.1. The zero-order chi connectivity index (χ0) is 19.3. The average Bonchev–Trinajstić information content (AvgIpc) is 3.40. The first-order chi connectivity index (χ1) is 13.7. The predicted octanol–water partition coefficient (Wildman–Crippen LogP) is 3.89. The topological polar surface area (TPSA) is 62.6 Å². The van der Waals surface area contributed by atoms with Crippen LogP contribution in [-0.4, -0.2) is 24.1 Å². The monoisotopic (exact) mass is 392 g/mol. The number of furan rings is 1. The second-order valence-corrected chi connectivity index (χ2v) is 7.49. The van der Waals surface area contributed by atoms with Crippen LogP contribution in [0.3, 0.4) is 0 Å². The Balaban J connectivity index is 1.42. The number of benzene rings is 2. The molecule has 4 rings (SSSR count). The molecule has 1 aromatic heterocycles. The highest BCUT2D eigenvalue weighted by Gasteiger charge is 2.26. The molecule has 0 fully saturated rings. The highest BCUT2D eigenvalue weighted by atomic mass is 32.2. The Bertz CT molecular complexity index is 985. The van der Waals surface area contributed by atoms with Crippen molar-refractivity contribution in [2.75, 3.05) is 17.2 Å². The molecule has 1 aliphatic rings. The molecule has 142 valence electrons. The van der Waals surface area contributed by atoms with E-state index in [2.05, 4.69) is 11.4 Å². The number of anilines is 1. The van der Waals surface area contributed by atoms with Gasteiger partial charge in [-0.1, -0.05) is 30.3 Å². The first kappa shape index (κ1) is 18.4. The number of para-hydroxylation sites is 1. The second-order valence-electron chi connectivity index (χ2n) is 6.48. The third kappa shape index (κ3) is 3.97. The Labute approximate surface area is 167 Å². The van der Waals surface area contributed by atoms with Gasteiger partial charge in [0, 0.05) is 17.1 Å². The molecule has 6 heteroatoms. The molecule has 0 saturated heterocycles. The fraction of sp³-hybridized carbons (Fsp3) is 0.182. The summed E-state index contributed by atoms with van der Waals surface area (Å²) in [5.74, 6) is 0.822. The van der Waals surface area contributed by atoms with Crippen molar-refractivity contribution < 1.29 is 14.0 Å². The van der Waals surface area contributed by atoms with E-state index in [1.165, 1.54) is 17.3 Å². The molecule has 5 nitrogen and oxygen atoms in total. The normalized spacial score (nSPS) is 12.6. The minimum atomic E-state index is -0.102. The molecular weight excluding hydrogens is 372 g/mol. The summed E-state index contributed by atoms with van der Waals surface area (Å²) in [5.41, 5.74) is 2.80. The number of nitrogens with one attached hydrogen (secondary N) is 1. The number of hydrogen-bond acceptors (Lipinski definition) is 4. The number of carbonyl (C=O) groups is 2. The maximum absolute atomic E-state index is 13.2. The molecular formula is C22H20N2O3S. The SMILES string of the molecule is O=C(CSc1ccccc1C(=O)N1CCc2ccccc21)NCc1ccco1. The minimum Gasteiger partial charge on any atom is -0.467 e. The number of fused-ring (bicyclic) bond motifs is 1. The molecule has 0 bridgehead atoms. The number of rotatable bonds is 6. The van der Waals surface area contributed by atoms with E-state index < -0.39 is 0 Å². The van der Waals surface area contributed by atoms with Gasteiger partial charge in [0.2, 0.25) is 5.91 Å². The largest absolute Gasteiger partial charge is 0.467 e. The lowest BCUT2D eigenvalue weighted by Gasteiger charge is -2.19. The molecule has 3 aromatic rings. The molecule has 28 heavy (non-hydrogen) atoms. The summed E-state index contributed by atoms with van der Waals surface area (Å²) in [6.45, 7) is 1.04.